The standard InChI is InChI=1S/C22H28N4O3/c1-16-4-3-5-18(12-16)24-22(27)23-14-19(26-10-8-25(2)9-11-26)17-6-7-20-21(13-17)29-15-28-20/h3-7,12-13,19H,8-11,14-15H2,1-2H3,(H2,23,24,27)/p+2/t19-/m1/s1. The van der Waals surface area contributed by atoms with E-state index in [1.54, 1.807) is 4.90 Å². The third-order valence-corrected chi connectivity index (χ3v) is 5.78. The van der Waals surface area contributed by atoms with Crippen molar-refractivity contribution < 1.29 is 24.1 Å². The van der Waals surface area contributed by atoms with Crippen molar-refractivity contribution in [3.63, 3.8) is 0 Å². The van der Waals surface area contributed by atoms with Gasteiger partial charge in [0.2, 0.25) is 6.79 Å². The lowest BCUT2D eigenvalue weighted by molar-refractivity contribution is -1.02. The molecule has 0 radical (unpaired) electrons. The molecule has 2 heterocycles. The van der Waals surface area contributed by atoms with Gasteiger partial charge in [0.1, 0.15) is 32.2 Å². The summed E-state index contributed by atoms with van der Waals surface area (Å²) in [6.45, 7) is 7.25. The summed E-state index contributed by atoms with van der Waals surface area (Å²) in [7, 11) is 2.24. The van der Waals surface area contributed by atoms with Crippen LogP contribution in [0.25, 0.3) is 0 Å². The first kappa shape index (κ1) is 19.5. The van der Waals surface area contributed by atoms with Crippen molar-refractivity contribution >= 4 is 11.7 Å². The van der Waals surface area contributed by atoms with Crippen LogP contribution in [0, 0.1) is 6.92 Å². The average molecular weight is 399 g/mol. The molecule has 2 aromatic carbocycles. The SMILES string of the molecule is Cc1cccc(NC(=O)NC[C@H](c2ccc3c(c2)OCO3)[NH+]2CC[NH+](C)CC2)c1. The van der Waals surface area contributed by atoms with E-state index >= 15 is 0 Å². The van der Waals surface area contributed by atoms with Crippen molar-refractivity contribution in [3.8, 4) is 11.5 Å². The number of anilines is 1. The average Bonchev–Trinajstić information content (AvgIpc) is 3.17. The second-order valence-electron chi connectivity index (χ2n) is 7.99. The molecule has 0 unspecified atom stereocenters. The van der Waals surface area contributed by atoms with Crippen molar-refractivity contribution in [1.82, 2.24) is 5.32 Å². The highest BCUT2D eigenvalue weighted by Crippen LogP contribution is 2.33. The number of fused-ring (bicyclic) bond motifs is 1. The highest BCUT2D eigenvalue weighted by Gasteiger charge is 2.31. The zero-order chi connectivity index (χ0) is 20.2. The first-order chi connectivity index (χ1) is 14.1. The molecule has 2 aliphatic heterocycles. The summed E-state index contributed by atoms with van der Waals surface area (Å²) in [4.78, 5) is 15.6. The number of hydrogen-bond acceptors (Lipinski definition) is 3. The number of carbonyl (C=O) groups is 1. The fraction of sp³-hybridized carbons (Fsp3) is 0.409. The normalized spacial score (nSPS) is 21.4. The van der Waals surface area contributed by atoms with Crippen molar-refractivity contribution in [2.24, 2.45) is 0 Å². The quantitative estimate of drug-likeness (QED) is 0.573. The van der Waals surface area contributed by atoms with Crippen LogP contribution < -0.4 is 29.9 Å². The number of likely N-dealkylation sites (N-methyl/N-ethyl adjacent to an activating group) is 1. The maximum atomic E-state index is 12.5. The first-order valence-corrected chi connectivity index (χ1v) is 10.3. The van der Waals surface area contributed by atoms with Crippen molar-refractivity contribution in [3.05, 3.63) is 53.6 Å². The number of carbonyl (C=O) groups excluding carboxylic acids is 1. The fourth-order valence-corrected chi connectivity index (χ4v) is 4.07. The predicted octanol–water partition coefficient (Wildman–Crippen LogP) is -0.000280. The van der Waals surface area contributed by atoms with E-state index in [9.17, 15) is 4.79 Å². The second kappa shape index (κ2) is 8.71. The smallest absolute Gasteiger partial charge is 0.319 e. The van der Waals surface area contributed by atoms with Crippen LogP contribution >= 0.6 is 0 Å². The summed E-state index contributed by atoms with van der Waals surface area (Å²) >= 11 is 0. The molecule has 0 bridgehead atoms. The minimum absolute atomic E-state index is 0.167. The second-order valence-corrected chi connectivity index (χ2v) is 7.99. The van der Waals surface area contributed by atoms with Crippen LogP contribution in [0.1, 0.15) is 17.2 Å². The number of hydrogen-bond donors (Lipinski definition) is 4. The summed E-state index contributed by atoms with van der Waals surface area (Å²) in [6, 6.07) is 13.9. The van der Waals surface area contributed by atoms with Gasteiger partial charge in [-0.25, -0.2) is 4.79 Å². The highest BCUT2D eigenvalue weighted by atomic mass is 16.7. The summed E-state index contributed by atoms with van der Waals surface area (Å²) in [6.07, 6.45) is 0. The number of amides is 2. The van der Waals surface area contributed by atoms with Crippen LogP contribution in [-0.2, 0) is 0 Å². The third-order valence-electron chi connectivity index (χ3n) is 5.78. The van der Waals surface area contributed by atoms with Crippen LogP contribution in [0.3, 0.4) is 0 Å². The molecule has 7 heteroatoms. The predicted molar refractivity (Wildman–Crippen MR) is 111 cm³/mol. The molecule has 154 valence electrons. The molecule has 2 amide bonds. The maximum absolute atomic E-state index is 12.5. The number of aryl methyl sites for hydroxylation is 1. The lowest BCUT2D eigenvalue weighted by Gasteiger charge is -2.33. The summed E-state index contributed by atoms with van der Waals surface area (Å²) in [5, 5.41) is 6.01. The minimum atomic E-state index is -0.180. The van der Waals surface area contributed by atoms with Gasteiger partial charge in [-0.2, -0.15) is 0 Å². The summed E-state index contributed by atoms with van der Waals surface area (Å²) < 4.78 is 11.0. The zero-order valence-corrected chi connectivity index (χ0v) is 17.1. The van der Waals surface area contributed by atoms with Crippen molar-refractivity contribution in [2.45, 2.75) is 13.0 Å². The number of nitrogens with one attached hydrogen (secondary N) is 4. The van der Waals surface area contributed by atoms with E-state index in [0.717, 1.165) is 48.9 Å². The van der Waals surface area contributed by atoms with E-state index in [4.69, 9.17) is 9.47 Å². The maximum Gasteiger partial charge on any atom is 0.319 e. The van der Waals surface area contributed by atoms with Gasteiger partial charge in [-0.05, 0) is 42.8 Å². The molecule has 4 N–H and O–H groups in total. The molecule has 0 saturated carbocycles. The van der Waals surface area contributed by atoms with Gasteiger partial charge in [-0.3, -0.25) is 0 Å². The van der Waals surface area contributed by atoms with Gasteiger partial charge in [0.15, 0.2) is 11.5 Å². The van der Waals surface area contributed by atoms with E-state index in [0.29, 0.717) is 6.54 Å². The fourth-order valence-electron chi connectivity index (χ4n) is 4.07. The van der Waals surface area contributed by atoms with Crippen LogP contribution in [0.2, 0.25) is 0 Å². The highest BCUT2D eigenvalue weighted by molar-refractivity contribution is 5.89. The van der Waals surface area contributed by atoms with Gasteiger partial charge in [0, 0.05) is 11.3 Å². The molecule has 4 rings (SSSR count). The van der Waals surface area contributed by atoms with Gasteiger partial charge in [0.05, 0.1) is 13.6 Å². The molecule has 2 aromatic rings. The van der Waals surface area contributed by atoms with Crippen LogP contribution in [0.5, 0.6) is 11.5 Å². The van der Waals surface area contributed by atoms with E-state index in [1.165, 1.54) is 10.5 Å². The van der Waals surface area contributed by atoms with E-state index in [1.807, 2.05) is 37.3 Å². The van der Waals surface area contributed by atoms with Crippen LogP contribution in [0.15, 0.2) is 42.5 Å². The minimum Gasteiger partial charge on any atom is -0.454 e. The van der Waals surface area contributed by atoms with Crippen LogP contribution in [0.4, 0.5) is 10.5 Å². The molecule has 7 nitrogen and oxygen atoms in total. The Balaban J connectivity index is 1.46. The monoisotopic (exact) mass is 398 g/mol. The molecule has 2 aliphatic rings. The topological polar surface area (TPSA) is 68.5 Å². The molecule has 0 spiro atoms. The molecular weight excluding hydrogens is 368 g/mol. The zero-order valence-electron chi connectivity index (χ0n) is 17.1. The molecular formula is C22H30N4O3+2. The molecule has 0 aliphatic carbocycles. The van der Waals surface area contributed by atoms with Crippen molar-refractivity contribution in [2.75, 3.05) is 51.9 Å². The van der Waals surface area contributed by atoms with Gasteiger partial charge >= 0.3 is 6.03 Å². The molecule has 1 atom stereocenters. The number of piperazine rings is 1. The van der Waals surface area contributed by atoms with Gasteiger partial charge < -0.3 is 29.9 Å². The van der Waals surface area contributed by atoms with Gasteiger partial charge in [-0.1, -0.05) is 12.1 Å². The van der Waals surface area contributed by atoms with Gasteiger partial charge in [0.25, 0.3) is 0 Å². The number of quaternary nitrogens is 2. The Bertz CT molecular complexity index is 865. The lowest BCUT2D eigenvalue weighted by atomic mass is 10.0. The number of ether oxygens (including phenoxy) is 2. The van der Waals surface area contributed by atoms with Crippen LogP contribution in [-0.4, -0.2) is 52.6 Å². The Morgan fingerprint density at radius 3 is 2.66 bits per heavy atom. The molecule has 1 saturated heterocycles. The Morgan fingerprint density at radius 2 is 1.86 bits per heavy atom. The lowest BCUT2D eigenvalue weighted by Crippen LogP contribution is -3.27. The molecule has 29 heavy (non-hydrogen) atoms. The number of urea groups is 1. The molecule has 1 fully saturated rings. The van der Waals surface area contributed by atoms with Crippen molar-refractivity contribution in [1.29, 1.82) is 0 Å². The van der Waals surface area contributed by atoms with E-state index in [-0.39, 0.29) is 18.9 Å². The third kappa shape index (κ3) is 4.81. The largest absolute Gasteiger partial charge is 0.454 e. The Kier molecular flexibility index (Phi) is 5.87. The number of benzene rings is 2. The Hall–Kier alpha value is -2.77. The first-order valence-electron chi connectivity index (χ1n) is 10.3. The van der Waals surface area contributed by atoms with E-state index in [2.05, 4.69) is 29.8 Å². The summed E-state index contributed by atoms with van der Waals surface area (Å²) in [5.74, 6) is 1.58. The molecule has 0 aromatic heterocycles. The Labute approximate surface area is 171 Å². The number of rotatable bonds is 5. The summed E-state index contributed by atoms with van der Waals surface area (Å²) in [5.41, 5.74) is 3.09. The van der Waals surface area contributed by atoms with E-state index < -0.39 is 0 Å². The Morgan fingerprint density at radius 1 is 1.07 bits per heavy atom. The van der Waals surface area contributed by atoms with Gasteiger partial charge in [-0.15, -0.1) is 0 Å².